The van der Waals surface area contributed by atoms with E-state index in [0.717, 1.165) is 24.9 Å². The van der Waals surface area contributed by atoms with Gasteiger partial charge in [0.25, 0.3) is 0 Å². The van der Waals surface area contributed by atoms with Gasteiger partial charge in [0.05, 0.1) is 6.10 Å². The molecule has 0 aromatic carbocycles. The van der Waals surface area contributed by atoms with Crippen molar-refractivity contribution in [3.8, 4) is 0 Å². The van der Waals surface area contributed by atoms with E-state index in [1.165, 1.54) is 51.6 Å². The van der Waals surface area contributed by atoms with Crippen molar-refractivity contribution in [1.82, 2.24) is 10.2 Å². The van der Waals surface area contributed by atoms with Crippen LogP contribution in [0.2, 0.25) is 0 Å². The highest BCUT2D eigenvalue weighted by atomic mass is 16.3. The molecular weight excluding hydrogens is 212 g/mol. The zero-order valence-corrected chi connectivity index (χ0v) is 10.8. The summed E-state index contributed by atoms with van der Waals surface area (Å²) in [7, 11) is 0. The summed E-state index contributed by atoms with van der Waals surface area (Å²) in [6.45, 7) is 2.61. The van der Waals surface area contributed by atoms with E-state index in [1.807, 2.05) is 0 Å². The molecule has 1 aliphatic heterocycles. The van der Waals surface area contributed by atoms with Gasteiger partial charge in [0.15, 0.2) is 0 Å². The van der Waals surface area contributed by atoms with E-state index in [4.69, 9.17) is 0 Å². The average Bonchev–Trinajstić information content (AvgIpc) is 3.17. The summed E-state index contributed by atoms with van der Waals surface area (Å²) in [6, 6.07) is 2.36. The fourth-order valence-electron chi connectivity index (χ4n) is 3.45. The number of hydrogen-bond acceptors (Lipinski definition) is 3. The minimum atomic E-state index is -0.0234. The lowest BCUT2D eigenvalue weighted by atomic mass is 9.91. The molecule has 0 unspecified atom stereocenters. The number of nitrogens with zero attached hydrogens (tertiary/aromatic N) is 1. The summed E-state index contributed by atoms with van der Waals surface area (Å²) in [6.07, 6.45) is 9.86. The molecule has 3 heteroatoms. The maximum absolute atomic E-state index is 9.50. The van der Waals surface area contributed by atoms with Crippen molar-refractivity contribution in [2.24, 2.45) is 0 Å². The van der Waals surface area contributed by atoms with Crippen molar-refractivity contribution in [2.75, 3.05) is 13.1 Å². The van der Waals surface area contributed by atoms with Crippen molar-refractivity contribution in [2.45, 2.75) is 75.6 Å². The monoisotopic (exact) mass is 238 g/mol. The van der Waals surface area contributed by atoms with Crippen molar-refractivity contribution < 1.29 is 5.11 Å². The quantitative estimate of drug-likeness (QED) is 0.782. The predicted octanol–water partition coefficient (Wildman–Crippen LogP) is 1.51. The summed E-state index contributed by atoms with van der Waals surface area (Å²) < 4.78 is 0. The van der Waals surface area contributed by atoms with E-state index in [1.54, 1.807) is 0 Å². The third kappa shape index (κ3) is 3.21. The largest absolute Gasteiger partial charge is 0.393 e. The number of aliphatic hydroxyl groups excluding tert-OH is 1. The van der Waals surface area contributed by atoms with Crippen molar-refractivity contribution in [3.63, 3.8) is 0 Å². The lowest BCUT2D eigenvalue weighted by molar-refractivity contribution is 0.108. The lowest BCUT2D eigenvalue weighted by Crippen LogP contribution is -2.47. The van der Waals surface area contributed by atoms with E-state index >= 15 is 0 Å². The van der Waals surface area contributed by atoms with Gasteiger partial charge >= 0.3 is 0 Å². The first kappa shape index (κ1) is 11.9. The van der Waals surface area contributed by atoms with Crippen LogP contribution in [0.5, 0.6) is 0 Å². The van der Waals surface area contributed by atoms with Gasteiger partial charge in [-0.3, -0.25) is 0 Å². The third-order valence-corrected chi connectivity index (χ3v) is 4.76. The van der Waals surface area contributed by atoms with Crippen LogP contribution in [0.3, 0.4) is 0 Å². The first-order chi connectivity index (χ1) is 8.31. The van der Waals surface area contributed by atoms with Crippen LogP contribution in [0.4, 0.5) is 0 Å². The summed E-state index contributed by atoms with van der Waals surface area (Å²) >= 11 is 0. The fourth-order valence-corrected chi connectivity index (χ4v) is 3.45. The smallest absolute Gasteiger partial charge is 0.0541 e. The molecule has 2 N–H and O–H groups in total. The Hall–Kier alpha value is -0.120. The van der Waals surface area contributed by atoms with Gasteiger partial charge in [-0.05, 0) is 64.5 Å². The van der Waals surface area contributed by atoms with Crippen molar-refractivity contribution in [1.29, 1.82) is 0 Å². The van der Waals surface area contributed by atoms with Crippen LogP contribution < -0.4 is 5.32 Å². The lowest BCUT2D eigenvalue weighted by Gasteiger charge is -2.36. The Balaban J connectivity index is 1.38. The van der Waals surface area contributed by atoms with Gasteiger partial charge in [0.2, 0.25) is 0 Å². The number of hydrogen-bond donors (Lipinski definition) is 2. The van der Waals surface area contributed by atoms with Crippen LogP contribution in [-0.2, 0) is 0 Å². The molecule has 0 bridgehead atoms. The molecule has 0 aromatic heterocycles. The van der Waals surface area contributed by atoms with Gasteiger partial charge in [-0.25, -0.2) is 0 Å². The Morgan fingerprint density at radius 3 is 1.94 bits per heavy atom. The van der Waals surface area contributed by atoms with Gasteiger partial charge in [0.1, 0.15) is 0 Å². The summed E-state index contributed by atoms with van der Waals surface area (Å²) in [5, 5.41) is 13.3. The molecule has 3 rings (SSSR count). The van der Waals surface area contributed by atoms with E-state index in [0.29, 0.717) is 6.04 Å². The fraction of sp³-hybridized carbons (Fsp3) is 1.00. The Kier molecular flexibility index (Phi) is 3.69. The van der Waals surface area contributed by atoms with Crippen LogP contribution in [0.15, 0.2) is 0 Å². The highest BCUT2D eigenvalue weighted by Gasteiger charge is 2.32. The molecule has 3 aliphatic rings. The van der Waals surface area contributed by atoms with Gasteiger partial charge in [-0.15, -0.1) is 0 Å². The van der Waals surface area contributed by atoms with Crippen molar-refractivity contribution >= 4 is 0 Å². The van der Waals surface area contributed by atoms with Crippen LogP contribution >= 0.6 is 0 Å². The highest BCUT2D eigenvalue weighted by molar-refractivity contribution is 4.90. The number of nitrogens with one attached hydrogen (secondary N) is 1. The second-order valence-electron chi connectivity index (χ2n) is 6.21. The van der Waals surface area contributed by atoms with E-state index < -0.39 is 0 Å². The van der Waals surface area contributed by atoms with Gasteiger partial charge < -0.3 is 15.3 Å². The Labute approximate surface area is 105 Å². The normalized spacial score (nSPS) is 37.2. The molecule has 0 atom stereocenters. The molecule has 2 saturated carbocycles. The second kappa shape index (κ2) is 5.25. The minimum absolute atomic E-state index is 0.0234. The van der Waals surface area contributed by atoms with Crippen LogP contribution in [0, 0.1) is 0 Å². The molecule has 0 spiro atoms. The number of likely N-dealkylation sites (tertiary alicyclic amines) is 1. The first-order valence-corrected chi connectivity index (χ1v) is 7.49. The van der Waals surface area contributed by atoms with Crippen molar-refractivity contribution in [3.05, 3.63) is 0 Å². The summed E-state index contributed by atoms with van der Waals surface area (Å²) in [5.41, 5.74) is 0. The number of rotatable bonds is 3. The zero-order valence-electron chi connectivity index (χ0n) is 10.8. The Bertz CT molecular complexity index is 239. The molecular formula is C14H26N2O. The van der Waals surface area contributed by atoms with Gasteiger partial charge in [0, 0.05) is 18.1 Å². The molecule has 0 radical (unpaired) electrons. The molecule has 0 amide bonds. The highest BCUT2D eigenvalue weighted by Crippen LogP contribution is 2.29. The number of aliphatic hydroxyl groups is 1. The predicted molar refractivity (Wildman–Crippen MR) is 69.0 cm³/mol. The average molecular weight is 238 g/mol. The second-order valence-corrected chi connectivity index (χ2v) is 6.21. The molecule has 98 valence electrons. The topological polar surface area (TPSA) is 35.5 Å². The minimum Gasteiger partial charge on any atom is -0.393 e. The van der Waals surface area contributed by atoms with E-state index in [-0.39, 0.29) is 6.10 Å². The molecule has 17 heavy (non-hydrogen) atoms. The molecule has 2 aliphatic carbocycles. The molecule has 3 nitrogen and oxygen atoms in total. The van der Waals surface area contributed by atoms with E-state index in [2.05, 4.69) is 10.2 Å². The van der Waals surface area contributed by atoms with Crippen LogP contribution in [-0.4, -0.2) is 47.3 Å². The van der Waals surface area contributed by atoms with Crippen LogP contribution in [0.1, 0.15) is 51.4 Å². The van der Waals surface area contributed by atoms with Gasteiger partial charge in [-0.2, -0.15) is 0 Å². The maximum atomic E-state index is 9.50. The number of piperidine rings is 1. The SMILES string of the molecule is OC1CCC(NC2CCN(C3CC3)CC2)CC1. The molecule has 0 aromatic rings. The standard InChI is InChI=1S/C14H26N2O/c17-14-5-1-11(2-6-14)15-12-7-9-16(10-8-12)13-3-4-13/h11-15,17H,1-10H2. The van der Waals surface area contributed by atoms with Gasteiger partial charge in [-0.1, -0.05) is 0 Å². The Morgan fingerprint density at radius 1 is 0.765 bits per heavy atom. The maximum Gasteiger partial charge on any atom is 0.0541 e. The Morgan fingerprint density at radius 2 is 1.35 bits per heavy atom. The van der Waals surface area contributed by atoms with Crippen LogP contribution in [0.25, 0.3) is 0 Å². The molecule has 1 saturated heterocycles. The molecule has 3 fully saturated rings. The first-order valence-electron chi connectivity index (χ1n) is 7.49. The third-order valence-electron chi connectivity index (χ3n) is 4.76. The zero-order chi connectivity index (χ0) is 11.7. The molecule has 1 heterocycles. The van der Waals surface area contributed by atoms with E-state index in [9.17, 15) is 5.11 Å². The summed E-state index contributed by atoms with van der Waals surface area (Å²) in [5.74, 6) is 0. The summed E-state index contributed by atoms with van der Waals surface area (Å²) in [4.78, 5) is 2.68.